The van der Waals surface area contributed by atoms with E-state index in [9.17, 15) is 28.2 Å². The van der Waals surface area contributed by atoms with Gasteiger partial charge in [0, 0.05) is 18.3 Å². The zero-order valence-electron chi connectivity index (χ0n) is 13.4. The third-order valence-corrected chi connectivity index (χ3v) is 2.81. The van der Waals surface area contributed by atoms with Gasteiger partial charge in [-0.3, -0.25) is 0 Å². The van der Waals surface area contributed by atoms with E-state index in [0.717, 1.165) is 0 Å². The predicted octanol–water partition coefficient (Wildman–Crippen LogP) is 1.60. The monoisotopic (exact) mass is 351 g/mol. The minimum Gasteiger partial charge on any atom is -0.444 e. The van der Waals surface area contributed by atoms with Gasteiger partial charge in [0.15, 0.2) is 0 Å². The number of aliphatic hydroxyl groups is 2. The summed E-state index contributed by atoms with van der Waals surface area (Å²) in [4.78, 5) is 14.8. The molecule has 0 bridgehead atoms. The maximum Gasteiger partial charge on any atom is 0.417 e. The number of hydrogen-bond acceptors (Lipinski definition) is 6. The predicted molar refractivity (Wildman–Crippen MR) is 78.9 cm³/mol. The van der Waals surface area contributed by atoms with Crippen LogP contribution in [0.1, 0.15) is 38.0 Å². The molecule has 0 saturated heterocycles. The molecule has 24 heavy (non-hydrogen) atoms. The Morgan fingerprint density at radius 1 is 1.38 bits per heavy atom. The molecule has 0 radical (unpaired) electrons. The normalized spacial score (nSPS) is 14.8. The molecule has 1 aromatic rings. The summed E-state index contributed by atoms with van der Waals surface area (Å²) in [5.41, 5.74) is 3.19. The van der Waals surface area contributed by atoms with Crippen LogP contribution in [-0.4, -0.2) is 39.5 Å². The van der Waals surface area contributed by atoms with Gasteiger partial charge in [-0.05, 0) is 26.8 Å². The van der Waals surface area contributed by atoms with E-state index in [1.807, 2.05) is 0 Å². The first kappa shape index (κ1) is 20.0. The van der Waals surface area contributed by atoms with Crippen LogP contribution in [-0.2, 0) is 10.9 Å². The van der Waals surface area contributed by atoms with Crippen LogP contribution in [0.4, 0.5) is 23.8 Å². The van der Waals surface area contributed by atoms with Crippen LogP contribution in [0, 0.1) is 0 Å². The summed E-state index contributed by atoms with van der Waals surface area (Å²) in [7, 11) is 0. The number of pyridine rings is 1. The molecule has 0 aliphatic carbocycles. The van der Waals surface area contributed by atoms with Crippen molar-refractivity contribution in [3.63, 3.8) is 0 Å². The number of alkyl halides is 3. The van der Waals surface area contributed by atoms with Crippen molar-refractivity contribution >= 4 is 11.9 Å². The van der Waals surface area contributed by atoms with E-state index in [0.29, 0.717) is 12.3 Å². The minimum absolute atomic E-state index is 0.355. The molecule has 0 saturated carbocycles. The Hall–Kier alpha value is -2.07. The summed E-state index contributed by atoms with van der Waals surface area (Å²) < 4.78 is 43.0. The van der Waals surface area contributed by atoms with Crippen molar-refractivity contribution < 1.29 is 32.9 Å². The van der Waals surface area contributed by atoms with Crippen molar-refractivity contribution in [2.75, 3.05) is 12.3 Å². The molecule has 1 aromatic heterocycles. The van der Waals surface area contributed by atoms with E-state index in [-0.39, 0.29) is 11.4 Å². The fraction of sp³-hybridized carbons (Fsp3) is 0.571. The number of carbonyl (C=O) groups excluding carboxylic acids is 1. The number of nitrogen functional groups attached to an aromatic ring is 1. The lowest BCUT2D eigenvalue weighted by atomic mass is 10.0. The molecule has 0 aliphatic heterocycles. The third-order valence-electron chi connectivity index (χ3n) is 2.81. The first-order valence-corrected chi connectivity index (χ1v) is 6.97. The van der Waals surface area contributed by atoms with Crippen LogP contribution in [0.3, 0.4) is 0 Å². The summed E-state index contributed by atoms with van der Waals surface area (Å²) in [6.07, 6.45) is -8.37. The minimum atomic E-state index is -4.67. The summed E-state index contributed by atoms with van der Waals surface area (Å²) in [6.45, 7) is 4.44. The van der Waals surface area contributed by atoms with Gasteiger partial charge >= 0.3 is 12.3 Å². The highest BCUT2D eigenvalue weighted by Gasteiger charge is 2.33. The summed E-state index contributed by atoms with van der Waals surface area (Å²) in [6, 6.07) is 0.601. The molecule has 136 valence electrons. The van der Waals surface area contributed by atoms with Crippen LogP contribution in [0.25, 0.3) is 0 Å². The molecule has 2 unspecified atom stereocenters. The van der Waals surface area contributed by atoms with Crippen molar-refractivity contribution in [2.45, 2.75) is 44.8 Å². The second kappa shape index (κ2) is 7.22. The number of nitrogens with one attached hydrogen (secondary N) is 1. The van der Waals surface area contributed by atoms with Crippen LogP contribution < -0.4 is 11.1 Å². The van der Waals surface area contributed by atoms with Gasteiger partial charge in [0.1, 0.15) is 23.6 Å². The lowest BCUT2D eigenvalue weighted by molar-refractivity contribution is -0.138. The van der Waals surface area contributed by atoms with Crippen molar-refractivity contribution in [3.8, 4) is 0 Å². The van der Waals surface area contributed by atoms with Gasteiger partial charge < -0.3 is 26.0 Å². The van der Waals surface area contributed by atoms with Gasteiger partial charge in [-0.25, -0.2) is 9.78 Å². The van der Waals surface area contributed by atoms with Crippen molar-refractivity contribution in [1.82, 2.24) is 10.3 Å². The number of halogens is 3. The zero-order valence-corrected chi connectivity index (χ0v) is 13.4. The van der Waals surface area contributed by atoms with Crippen LogP contribution in [0.15, 0.2) is 12.3 Å². The Balaban J connectivity index is 2.79. The van der Waals surface area contributed by atoms with Crippen LogP contribution in [0.2, 0.25) is 0 Å². The first-order chi connectivity index (χ1) is 10.8. The molecule has 0 spiro atoms. The lowest BCUT2D eigenvalue weighted by Gasteiger charge is -2.23. The first-order valence-electron chi connectivity index (χ1n) is 6.97. The smallest absolute Gasteiger partial charge is 0.417 e. The highest BCUT2D eigenvalue weighted by atomic mass is 19.4. The maximum absolute atomic E-state index is 12.7. The molecule has 0 aliphatic rings. The van der Waals surface area contributed by atoms with Crippen LogP contribution >= 0.6 is 0 Å². The number of nitrogens with two attached hydrogens (primary N) is 1. The quantitative estimate of drug-likeness (QED) is 0.654. The number of carbonyl (C=O) groups is 1. The number of nitrogens with zero attached hydrogens (tertiary/aromatic N) is 1. The van der Waals surface area contributed by atoms with Crippen molar-refractivity contribution in [1.29, 1.82) is 0 Å². The van der Waals surface area contributed by atoms with Gasteiger partial charge in [-0.2, -0.15) is 13.2 Å². The van der Waals surface area contributed by atoms with Crippen molar-refractivity contribution in [3.05, 3.63) is 23.4 Å². The molecule has 10 heteroatoms. The lowest BCUT2D eigenvalue weighted by Crippen LogP contribution is -2.39. The standard InChI is InChI=1S/C14H20F3N3O4/c1-13(2,3)24-12(23)20-6-9(21)10(22)8-4-7(14(15,16)17)5-19-11(8)18/h4-5,9-10,21-22H,6H2,1-3H3,(H2,18,19)(H,20,23). The molecule has 1 rings (SSSR count). The van der Waals surface area contributed by atoms with Crippen LogP contribution in [0.5, 0.6) is 0 Å². The van der Waals surface area contributed by atoms with Gasteiger partial charge in [0.25, 0.3) is 0 Å². The SMILES string of the molecule is CC(C)(C)OC(=O)NCC(O)C(O)c1cc(C(F)(F)F)cnc1N. The van der Waals surface area contributed by atoms with Crippen molar-refractivity contribution in [2.24, 2.45) is 0 Å². The molecule has 1 heterocycles. The Kier molecular flexibility index (Phi) is 6.01. The van der Waals surface area contributed by atoms with E-state index in [1.165, 1.54) is 0 Å². The van der Waals surface area contributed by atoms with Gasteiger partial charge in [0.2, 0.25) is 0 Å². The number of aromatic nitrogens is 1. The molecular formula is C14H20F3N3O4. The fourth-order valence-electron chi connectivity index (χ4n) is 1.71. The molecule has 2 atom stereocenters. The number of aliphatic hydroxyl groups excluding tert-OH is 2. The number of amides is 1. The maximum atomic E-state index is 12.7. The molecule has 1 amide bonds. The Morgan fingerprint density at radius 3 is 2.46 bits per heavy atom. The highest BCUT2D eigenvalue weighted by molar-refractivity contribution is 5.67. The fourth-order valence-corrected chi connectivity index (χ4v) is 1.71. The van der Waals surface area contributed by atoms with Gasteiger partial charge in [-0.15, -0.1) is 0 Å². The zero-order chi connectivity index (χ0) is 18.7. The summed E-state index contributed by atoms with van der Waals surface area (Å²) >= 11 is 0. The average molecular weight is 351 g/mol. The van der Waals surface area contributed by atoms with E-state index in [4.69, 9.17) is 10.5 Å². The number of anilines is 1. The number of rotatable bonds is 4. The Bertz CT molecular complexity index is 588. The molecule has 0 fully saturated rings. The highest BCUT2D eigenvalue weighted by Crippen LogP contribution is 2.32. The Labute approximate surface area is 136 Å². The number of alkyl carbamates (subject to hydrolysis) is 1. The van der Waals surface area contributed by atoms with Gasteiger partial charge in [0.05, 0.1) is 5.56 Å². The van der Waals surface area contributed by atoms with E-state index < -0.39 is 42.2 Å². The number of ether oxygens (including phenoxy) is 1. The topological polar surface area (TPSA) is 118 Å². The molecule has 0 aromatic carbocycles. The molecular weight excluding hydrogens is 331 g/mol. The Morgan fingerprint density at radius 2 is 1.96 bits per heavy atom. The van der Waals surface area contributed by atoms with E-state index in [2.05, 4.69) is 10.3 Å². The average Bonchev–Trinajstić information content (AvgIpc) is 2.41. The second-order valence-corrected chi connectivity index (χ2v) is 6.09. The number of hydrogen-bond donors (Lipinski definition) is 4. The van der Waals surface area contributed by atoms with E-state index >= 15 is 0 Å². The molecule has 5 N–H and O–H groups in total. The molecule has 7 nitrogen and oxygen atoms in total. The summed E-state index contributed by atoms with van der Waals surface area (Å²) in [5.74, 6) is -0.355. The third kappa shape index (κ3) is 5.85. The van der Waals surface area contributed by atoms with E-state index in [1.54, 1.807) is 20.8 Å². The summed E-state index contributed by atoms with van der Waals surface area (Å²) in [5, 5.41) is 22.0. The second-order valence-electron chi connectivity index (χ2n) is 6.09. The largest absolute Gasteiger partial charge is 0.444 e. The van der Waals surface area contributed by atoms with Gasteiger partial charge in [-0.1, -0.05) is 0 Å².